The van der Waals surface area contributed by atoms with Crippen LogP contribution in [-0.2, 0) is 4.79 Å². The van der Waals surface area contributed by atoms with Crippen molar-refractivity contribution in [1.29, 1.82) is 0 Å². The zero-order chi connectivity index (χ0) is 17.8. The Morgan fingerprint density at radius 3 is 2.44 bits per heavy atom. The number of carbonyl (C=O) groups is 1. The molecule has 25 heavy (non-hydrogen) atoms. The van der Waals surface area contributed by atoms with E-state index in [1.54, 1.807) is 0 Å². The number of rotatable bonds is 5. The number of hydrogen-bond donors (Lipinski definition) is 0. The summed E-state index contributed by atoms with van der Waals surface area (Å²) in [5.74, 6) is 0.233. The van der Waals surface area contributed by atoms with Crippen molar-refractivity contribution in [2.45, 2.75) is 64.7 Å². The SMILES string of the molecule is CCCC1CCC(C2CCC(C(=O)Oc3ccc(F)c(F)c3)CC2)C1. The minimum Gasteiger partial charge on any atom is -0.426 e. The summed E-state index contributed by atoms with van der Waals surface area (Å²) in [6, 6.07) is 3.22. The highest BCUT2D eigenvalue weighted by atomic mass is 19.2. The fraction of sp³-hybridized carbons (Fsp3) is 0.667. The van der Waals surface area contributed by atoms with Crippen molar-refractivity contribution in [2.24, 2.45) is 23.7 Å². The van der Waals surface area contributed by atoms with Gasteiger partial charge in [-0.2, -0.15) is 0 Å². The lowest BCUT2D eigenvalue weighted by Crippen LogP contribution is -2.28. The molecule has 2 saturated carbocycles. The number of halogens is 2. The molecular weight excluding hydrogens is 322 g/mol. The van der Waals surface area contributed by atoms with Crippen LogP contribution in [-0.4, -0.2) is 5.97 Å². The fourth-order valence-electron chi connectivity index (χ4n) is 4.78. The average molecular weight is 350 g/mol. The maximum Gasteiger partial charge on any atom is 0.314 e. The first-order valence-electron chi connectivity index (χ1n) is 9.73. The summed E-state index contributed by atoms with van der Waals surface area (Å²) in [6.45, 7) is 2.26. The Kier molecular flexibility index (Phi) is 6.08. The highest BCUT2D eigenvalue weighted by Crippen LogP contribution is 2.44. The van der Waals surface area contributed by atoms with Gasteiger partial charge in [-0.3, -0.25) is 4.79 Å². The predicted octanol–water partition coefficient (Wildman–Crippen LogP) is 5.89. The van der Waals surface area contributed by atoms with Crippen LogP contribution in [0.15, 0.2) is 18.2 Å². The molecule has 0 radical (unpaired) electrons. The van der Waals surface area contributed by atoms with Crippen LogP contribution in [0, 0.1) is 35.3 Å². The molecule has 0 N–H and O–H groups in total. The van der Waals surface area contributed by atoms with Crippen LogP contribution < -0.4 is 4.74 Å². The number of hydrogen-bond acceptors (Lipinski definition) is 2. The lowest BCUT2D eigenvalue weighted by molar-refractivity contribution is -0.140. The van der Waals surface area contributed by atoms with Crippen molar-refractivity contribution < 1.29 is 18.3 Å². The standard InChI is InChI=1S/C21H28F2O2/c1-2-3-14-4-5-17(12-14)15-6-8-16(9-7-15)21(24)25-18-10-11-19(22)20(23)13-18/h10-11,13-17H,2-9,12H2,1H3. The van der Waals surface area contributed by atoms with E-state index in [9.17, 15) is 13.6 Å². The van der Waals surface area contributed by atoms with Crippen molar-refractivity contribution in [3.8, 4) is 5.75 Å². The predicted molar refractivity (Wildman–Crippen MR) is 93.2 cm³/mol. The van der Waals surface area contributed by atoms with E-state index in [1.807, 2.05) is 0 Å². The molecule has 0 aliphatic heterocycles. The maximum absolute atomic E-state index is 13.2. The first-order valence-corrected chi connectivity index (χ1v) is 9.73. The number of esters is 1. The molecule has 2 fully saturated rings. The summed E-state index contributed by atoms with van der Waals surface area (Å²) in [5.41, 5.74) is 0. The third-order valence-electron chi connectivity index (χ3n) is 6.16. The van der Waals surface area contributed by atoms with Crippen molar-refractivity contribution in [3.63, 3.8) is 0 Å². The van der Waals surface area contributed by atoms with Gasteiger partial charge in [0.05, 0.1) is 5.92 Å². The normalized spacial score (nSPS) is 29.6. The smallest absolute Gasteiger partial charge is 0.314 e. The third kappa shape index (κ3) is 4.59. The van der Waals surface area contributed by atoms with Crippen molar-refractivity contribution in [1.82, 2.24) is 0 Å². The molecule has 0 spiro atoms. The first-order chi connectivity index (χ1) is 12.1. The number of carbonyl (C=O) groups excluding carboxylic acids is 1. The van der Waals surface area contributed by atoms with Gasteiger partial charge in [0, 0.05) is 6.07 Å². The highest BCUT2D eigenvalue weighted by Gasteiger charge is 2.35. The van der Waals surface area contributed by atoms with Gasteiger partial charge in [0.1, 0.15) is 5.75 Å². The quantitative estimate of drug-likeness (QED) is 0.489. The minimum atomic E-state index is -0.989. The molecule has 0 amide bonds. The van der Waals surface area contributed by atoms with Crippen LogP contribution in [0.2, 0.25) is 0 Å². The van der Waals surface area contributed by atoms with E-state index in [4.69, 9.17) is 4.74 Å². The molecule has 0 aromatic heterocycles. The van der Waals surface area contributed by atoms with E-state index in [-0.39, 0.29) is 17.6 Å². The highest BCUT2D eigenvalue weighted by molar-refractivity contribution is 5.75. The molecule has 1 aromatic carbocycles. The Labute approximate surface area is 149 Å². The molecule has 4 heteroatoms. The van der Waals surface area contributed by atoms with E-state index in [0.717, 1.165) is 55.6 Å². The van der Waals surface area contributed by atoms with Crippen molar-refractivity contribution in [3.05, 3.63) is 29.8 Å². The number of ether oxygens (including phenoxy) is 1. The summed E-state index contributed by atoms with van der Waals surface area (Å²) in [6.07, 6.45) is 10.6. The molecule has 0 saturated heterocycles. The second kappa shape index (κ2) is 8.29. The van der Waals surface area contributed by atoms with Gasteiger partial charge in [-0.15, -0.1) is 0 Å². The summed E-state index contributed by atoms with van der Waals surface area (Å²) in [4.78, 5) is 12.3. The maximum atomic E-state index is 13.2. The molecule has 138 valence electrons. The molecule has 2 aliphatic rings. The molecule has 3 rings (SSSR count). The van der Waals surface area contributed by atoms with E-state index < -0.39 is 11.6 Å². The van der Waals surface area contributed by atoms with Crippen LogP contribution in [0.1, 0.15) is 64.7 Å². The molecule has 2 aliphatic carbocycles. The Hall–Kier alpha value is -1.45. The van der Waals surface area contributed by atoms with Gasteiger partial charge in [0.15, 0.2) is 11.6 Å². The van der Waals surface area contributed by atoms with Crippen LogP contribution in [0.3, 0.4) is 0 Å². The van der Waals surface area contributed by atoms with Gasteiger partial charge in [0.2, 0.25) is 0 Å². The average Bonchev–Trinajstić information content (AvgIpc) is 3.07. The van der Waals surface area contributed by atoms with Crippen molar-refractivity contribution in [2.75, 3.05) is 0 Å². The molecule has 2 unspecified atom stereocenters. The van der Waals surface area contributed by atoms with E-state index in [1.165, 1.54) is 38.2 Å². The van der Waals surface area contributed by atoms with Crippen LogP contribution in [0.25, 0.3) is 0 Å². The summed E-state index contributed by atoms with van der Waals surface area (Å²) in [5, 5.41) is 0. The molecule has 0 bridgehead atoms. The van der Waals surface area contributed by atoms with Gasteiger partial charge in [0.25, 0.3) is 0 Å². The molecule has 2 nitrogen and oxygen atoms in total. The number of benzene rings is 1. The lowest BCUT2D eigenvalue weighted by Gasteiger charge is -2.31. The van der Waals surface area contributed by atoms with Gasteiger partial charge in [-0.25, -0.2) is 8.78 Å². The van der Waals surface area contributed by atoms with Gasteiger partial charge in [-0.1, -0.05) is 26.2 Å². The zero-order valence-corrected chi connectivity index (χ0v) is 15.0. The van der Waals surface area contributed by atoms with Crippen molar-refractivity contribution >= 4 is 5.97 Å². The first kappa shape index (κ1) is 18.3. The van der Waals surface area contributed by atoms with Gasteiger partial charge < -0.3 is 4.74 Å². The second-order valence-corrected chi connectivity index (χ2v) is 7.84. The van der Waals surface area contributed by atoms with Gasteiger partial charge >= 0.3 is 5.97 Å². The Balaban J connectivity index is 1.47. The topological polar surface area (TPSA) is 26.3 Å². The lowest BCUT2D eigenvalue weighted by atomic mass is 9.75. The largest absolute Gasteiger partial charge is 0.426 e. The fourth-order valence-corrected chi connectivity index (χ4v) is 4.78. The van der Waals surface area contributed by atoms with Crippen LogP contribution in [0.4, 0.5) is 8.78 Å². The Morgan fingerprint density at radius 1 is 1.04 bits per heavy atom. The van der Waals surface area contributed by atoms with Crippen LogP contribution in [0.5, 0.6) is 5.75 Å². The van der Waals surface area contributed by atoms with Crippen LogP contribution >= 0.6 is 0 Å². The summed E-state index contributed by atoms with van der Waals surface area (Å²) < 4.78 is 31.4. The second-order valence-electron chi connectivity index (χ2n) is 7.84. The Morgan fingerprint density at radius 2 is 1.76 bits per heavy atom. The molecular formula is C21H28F2O2. The summed E-state index contributed by atoms with van der Waals surface area (Å²) in [7, 11) is 0. The van der Waals surface area contributed by atoms with E-state index >= 15 is 0 Å². The summed E-state index contributed by atoms with van der Waals surface area (Å²) >= 11 is 0. The zero-order valence-electron chi connectivity index (χ0n) is 15.0. The molecule has 2 atom stereocenters. The Bertz CT molecular complexity index is 594. The van der Waals surface area contributed by atoms with E-state index in [0.29, 0.717) is 0 Å². The molecule has 1 aromatic rings. The molecule has 0 heterocycles. The van der Waals surface area contributed by atoms with Gasteiger partial charge in [-0.05, 0) is 68.4 Å². The minimum absolute atomic E-state index is 0.0872. The van der Waals surface area contributed by atoms with E-state index in [2.05, 4.69) is 6.92 Å². The monoisotopic (exact) mass is 350 g/mol. The third-order valence-corrected chi connectivity index (χ3v) is 6.16.